The highest BCUT2D eigenvalue weighted by atomic mass is 32.2. The molecule has 3 N–H and O–H groups in total. The smallest absolute Gasteiger partial charge is 0.269 e. The zero-order valence-corrected chi connectivity index (χ0v) is 24.6. The monoisotopic (exact) mass is 594 g/mol. The molecule has 0 fully saturated rings. The Hall–Kier alpha value is -4.49. The molecule has 4 rings (SSSR count). The van der Waals surface area contributed by atoms with Crippen molar-refractivity contribution in [3.63, 3.8) is 0 Å². The Morgan fingerprint density at radius 2 is 1.83 bits per heavy atom. The number of aryl methyl sites for hydroxylation is 1. The Morgan fingerprint density at radius 3 is 2.50 bits per heavy atom. The predicted molar refractivity (Wildman–Crippen MR) is 157 cm³/mol. The summed E-state index contributed by atoms with van der Waals surface area (Å²) in [4.78, 5) is 41.5. The molecule has 0 unspecified atom stereocenters. The van der Waals surface area contributed by atoms with E-state index in [1.54, 1.807) is 19.9 Å². The normalized spacial score (nSPS) is 13.8. The van der Waals surface area contributed by atoms with Gasteiger partial charge in [-0.15, -0.1) is 5.75 Å². The van der Waals surface area contributed by atoms with Crippen molar-refractivity contribution >= 4 is 44.7 Å². The van der Waals surface area contributed by atoms with Gasteiger partial charge in [-0.2, -0.15) is 0 Å². The van der Waals surface area contributed by atoms with Crippen molar-refractivity contribution in [2.45, 2.75) is 38.3 Å². The molecule has 1 aromatic heterocycles. The summed E-state index contributed by atoms with van der Waals surface area (Å²) in [5.74, 6) is -2.05. The Morgan fingerprint density at radius 1 is 1.12 bits per heavy atom. The van der Waals surface area contributed by atoms with Gasteiger partial charge in [0.05, 0.1) is 26.7 Å². The molecule has 13 heteroatoms. The molecule has 0 aliphatic carbocycles. The molecule has 1 aliphatic rings. The highest BCUT2D eigenvalue weighted by Gasteiger charge is 2.28. The lowest BCUT2D eigenvalue weighted by molar-refractivity contribution is -0.385. The number of carbonyl (C=O) groups excluding carboxylic acids is 2. The molecule has 222 valence electrons. The van der Waals surface area contributed by atoms with Gasteiger partial charge in [-0.1, -0.05) is 19.9 Å². The van der Waals surface area contributed by atoms with E-state index in [4.69, 9.17) is 0 Å². The van der Waals surface area contributed by atoms with Gasteiger partial charge < -0.3 is 25.6 Å². The standard InChI is InChI=1S/C29H33N5O7S/c1-5-33(6-2)12-11-30-29(37)27-17(3)25(31-18(27)4)15-23-22-14-21(8-9-24(22)32-28(23)36)42(40,41)16-19-13-20(34(38)39)7-10-26(19)35/h7-10,13-15,31,35H,5-6,11-12,16H2,1-4H3,(H,30,37)(H,32,36)/p-1/b23-15-. The summed E-state index contributed by atoms with van der Waals surface area (Å²) in [5, 5.41) is 29.0. The lowest BCUT2D eigenvalue weighted by Gasteiger charge is -2.18. The molecule has 2 amide bonds. The number of benzene rings is 2. The number of nitrogens with zero attached hydrogens (tertiary/aromatic N) is 2. The van der Waals surface area contributed by atoms with Gasteiger partial charge in [-0.3, -0.25) is 19.7 Å². The van der Waals surface area contributed by atoms with Crippen LogP contribution >= 0.6 is 0 Å². The fourth-order valence-corrected chi connectivity index (χ4v) is 6.32. The number of fused-ring (bicyclic) bond motifs is 1. The first kappa shape index (κ1) is 30.5. The minimum absolute atomic E-state index is 0.151. The van der Waals surface area contributed by atoms with Gasteiger partial charge in [0.1, 0.15) is 0 Å². The third-order valence-corrected chi connectivity index (χ3v) is 9.00. The maximum absolute atomic E-state index is 13.2. The van der Waals surface area contributed by atoms with Crippen LogP contribution in [0.2, 0.25) is 0 Å². The van der Waals surface area contributed by atoms with Crippen LogP contribution in [0.5, 0.6) is 5.75 Å². The van der Waals surface area contributed by atoms with Crippen molar-refractivity contribution in [3.8, 4) is 5.75 Å². The van der Waals surface area contributed by atoms with Crippen molar-refractivity contribution < 1.29 is 28.0 Å². The maximum atomic E-state index is 13.2. The molecule has 0 saturated carbocycles. The summed E-state index contributed by atoms with van der Waals surface area (Å²) in [6.45, 7) is 10.6. The second-order valence-electron chi connectivity index (χ2n) is 9.97. The molecular formula is C29H32N5O7S-. The van der Waals surface area contributed by atoms with Crippen molar-refractivity contribution in [1.29, 1.82) is 0 Å². The molecule has 0 saturated heterocycles. The summed E-state index contributed by atoms with van der Waals surface area (Å²) in [6, 6.07) is 7.04. The van der Waals surface area contributed by atoms with Crippen LogP contribution in [0.15, 0.2) is 41.3 Å². The van der Waals surface area contributed by atoms with Crippen molar-refractivity contribution in [1.82, 2.24) is 15.2 Å². The average molecular weight is 595 g/mol. The van der Waals surface area contributed by atoms with Crippen LogP contribution in [-0.2, 0) is 20.4 Å². The number of aromatic amines is 1. The van der Waals surface area contributed by atoms with E-state index in [1.807, 2.05) is 0 Å². The number of hydrogen-bond acceptors (Lipinski definition) is 8. The van der Waals surface area contributed by atoms with Crippen LogP contribution in [0.3, 0.4) is 0 Å². The van der Waals surface area contributed by atoms with Gasteiger partial charge in [0, 0.05) is 47.9 Å². The van der Waals surface area contributed by atoms with Gasteiger partial charge in [0.15, 0.2) is 9.84 Å². The SMILES string of the molecule is CCN(CC)CCNC(=O)c1c(C)[nH]c(/C=C2\C(=O)Nc3ccc(S(=O)(=O)Cc4cc([N+](=O)[O-])ccc4[O-])cc32)c1C. The Labute approximate surface area is 243 Å². The minimum Gasteiger partial charge on any atom is -0.872 e. The highest BCUT2D eigenvalue weighted by Crippen LogP contribution is 2.36. The average Bonchev–Trinajstić information content (AvgIpc) is 3.41. The molecular weight excluding hydrogens is 562 g/mol. The summed E-state index contributed by atoms with van der Waals surface area (Å²) < 4.78 is 26.5. The summed E-state index contributed by atoms with van der Waals surface area (Å²) in [7, 11) is -4.11. The third-order valence-electron chi connectivity index (χ3n) is 7.33. The van der Waals surface area contributed by atoms with E-state index in [0.717, 1.165) is 37.8 Å². The first-order valence-corrected chi connectivity index (χ1v) is 15.1. The van der Waals surface area contributed by atoms with E-state index in [2.05, 4.69) is 34.4 Å². The minimum atomic E-state index is -4.11. The Bertz CT molecular complexity index is 1710. The number of likely N-dealkylation sites (N-methyl/N-ethyl adjacent to an activating group) is 1. The zero-order chi connectivity index (χ0) is 30.8. The number of carbonyl (C=O) groups is 2. The maximum Gasteiger partial charge on any atom is 0.269 e. The van der Waals surface area contributed by atoms with Crippen LogP contribution in [0.4, 0.5) is 11.4 Å². The van der Waals surface area contributed by atoms with Crippen LogP contribution in [0.25, 0.3) is 11.6 Å². The number of sulfone groups is 1. The fraction of sp³-hybridized carbons (Fsp3) is 0.310. The molecule has 0 radical (unpaired) electrons. The van der Waals surface area contributed by atoms with E-state index >= 15 is 0 Å². The van der Waals surface area contributed by atoms with Gasteiger partial charge in [0.2, 0.25) is 0 Å². The second-order valence-corrected chi connectivity index (χ2v) is 12.0. The first-order chi connectivity index (χ1) is 19.9. The molecule has 2 heterocycles. The van der Waals surface area contributed by atoms with E-state index < -0.39 is 32.2 Å². The highest BCUT2D eigenvalue weighted by molar-refractivity contribution is 7.90. The van der Waals surface area contributed by atoms with Crippen molar-refractivity contribution in [2.75, 3.05) is 31.5 Å². The van der Waals surface area contributed by atoms with E-state index in [1.165, 1.54) is 18.2 Å². The number of nitro benzene ring substituents is 1. The Kier molecular flexibility index (Phi) is 8.83. The number of nitro groups is 1. The molecule has 12 nitrogen and oxygen atoms in total. The largest absolute Gasteiger partial charge is 0.872 e. The Balaban J connectivity index is 1.63. The number of H-pyrrole nitrogens is 1. The lowest BCUT2D eigenvalue weighted by Crippen LogP contribution is -2.35. The fourth-order valence-electron chi connectivity index (χ4n) is 4.94. The van der Waals surface area contributed by atoms with Gasteiger partial charge in [-0.25, -0.2) is 8.42 Å². The summed E-state index contributed by atoms with van der Waals surface area (Å²) in [6.07, 6.45) is 1.57. The molecule has 0 bridgehead atoms. The predicted octanol–water partition coefficient (Wildman–Crippen LogP) is 3.15. The van der Waals surface area contributed by atoms with E-state index in [9.17, 15) is 33.2 Å². The number of non-ortho nitro benzene ring substituents is 1. The number of rotatable bonds is 11. The third kappa shape index (κ3) is 6.21. The van der Waals surface area contributed by atoms with Gasteiger partial charge in [-0.05, 0) is 62.3 Å². The summed E-state index contributed by atoms with van der Waals surface area (Å²) in [5.41, 5.74) is 2.58. The quantitative estimate of drug-likeness (QED) is 0.172. The van der Waals surface area contributed by atoms with Crippen LogP contribution in [0.1, 0.15) is 52.3 Å². The first-order valence-electron chi connectivity index (χ1n) is 13.4. The van der Waals surface area contributed by atoms with Crippen molar-refractivity contribution in [3.05, 3.63) is 80.2 Å². The van der Waals surface area contributed by atoms with Crippen LogP contribution < -0.4 is 15.7 Å². The molecule has 0 spiro atoms. The zero-order valence-electron chi connectivity index (χ0n) is 23.7. The number of anilines is 1. The lowest BCUT2D eigenvalue weighted by atomic mass is 10.0. The number of hydrogen-bond donors (Lipinski definition) is 3. The molecule has 1 aliphatic heterocycles. The second kappa shape index (κ2) is 12.2. The number of aromatic nitrogens is 1. The van der Waals surface area contributed by atoms with E-state index in [0.29, 0.717) is 40.3 Å². The molecule has 0 atom stereocenters. The molecule has 2 aromatic carbocycles. The number of amides is 2. The molecule has 42 heavy (non-hydrogen) atoms. The molecule has 3 aromatic rings. The van der Waals surface area contributed by atoms with Crippen molar-refractivity contribution in [2.24, 2.45) is 0 Å². The van der Waals surface area contributed by atoms with Gasteiger partial charge in [0.25, 0.3) is 17.5 Å². The summed E-state index contributed by atoms with van der Waals surface area (Å²) >= 11 is 0. The van der Waals surface area contributed by atoms with E-state index in [-0.39, 0.29) is 27.6 Å². The van der Waals surface area contributed by atoms with Crippen LogP contribution in [0, 0.1) is 24.0 Å². The van der Waals surface area contributed by atoms with Gasteiger partial charge >= 0.3 is 0 Å². The van der Waals surface area contributed by atoms with Crippen LogP contribution in [-0.4, -0.2) is 61.2 Å². The topological polar surface area (TPSA) is 178 Å². The number of nitrogens with one attached hydrogen (secondary N) is 3.